The lowest BCUT2D eigenvalue weighted by Crippen LogP contribution is -2.54. The van der Waals surface area contributed by atoms with Crippen LogP contribution in [-0.4, -0.2) is 79.4 Å². The van der Waals surface area contributed by atoms with Crippen LogP contribution in [0.15, 0.2) is 27.7 Å². The number of hydrogen-bond acceptors (Lipinski definition) is 3. The number of carbonyl (C=O) groups is 1. The first-order valence-corrected chi connectivity index (χ1v) is 10.6. The van der Waals surface area contributed by atoms with Crippen molar-refractivity contribution in [2.24, 2.45) is 4.99 Å². The summed E-state index contributed by atoms with van der Waals surface area (Å²) >= 11 is 3.51. The van der Waals surface area contributed by atoms with Crippen molar-refractivity contribution in [1.29, 1.82) is 0 Å². The molecule has 3 rings (SSSR count). The van der Waals surface area contributed by atoms with Gasteiger partial charge in [0, 0.05) is 57.3 Å². The molecule has 7 heteroatoms. The van der Waals surface area contributed by atoms with Gasteiger partial charge in [0.1, 0.15) is 0 Å². The summed E-state index contributed by atoms with van der Waals surface area (Å²) in [6.07, 6.45) is 2.30. The maximum Gasteiger partial charge on any atom is 0.236 e. The molecule has 2 saturated heterocycles. The summed E-state index contributed by atoms with van der Waals surface area (Å²) < 4.78 is 1.10. The number of amides is 1. The molecule has 2 aliphatic heterocycles. The number of rotatable bonds is 4. The minimum atomic E-state index is 0.286. The van der Waals surface area contributed by atoms with Crippen molar-refractivity contribution >= 4 is 27.8 Å². The van der Waals surface area contributed by atoms with Crippen molar-refractivity contribution in [3.63, 3.8) is 0 Å². The zero-order valence-electron chi connectivity index (χ0n) is 16.4. The normalized spacial score (nSPS) is 18.9. The first-order chi connectivity index (χ1) is 13.1. The van der Waals surface area contributed by atoms with E-state index >= 15 is 0 Å². The van der Waals surface area contributed by atoms with Gasteiger partial charge in [-0.25, -0.2) is 0 Å². The number of aliphatic imine (C=N–C) groups is 1. The van der Waals surface area contributed by atoms with Crippen LogP contribution in [0.4, 0.5) is 0 Å². The van der Waals surface area contributed by atoms with Crippen LogP contribution in [0.5, 0.6) is 0 Å². The molecule has 1 amide bonds. The Kier molecular flexibility index (Phi) is 7.13. The Balaban J connectivity index is 1.46. The number of benzene rings is 1. The molecule has 0 atom stereocenters. The molecule has 0 aliphatic carbocycles. The van der Waals surface area contributed by atoms with Gasteiger partial charge >= 0.3 is 0 Å². The van der Waals surface area contributed by atoms with Crippen LogP contribution in [-0.2, 0) is 11.3 Å². The SMILES string of the molecule is CN=C(NCc1ccc(Br)cc1C)N1CCN(CC(=O)N2CCCC2)CC1. The van der Waals surface area contributed by atoms with Crippen molar-refractivity contribution in [1.82, 2.24) is 20.0 Å². The average molecular weight is 436 g/mol. The third kappa shape index (κ3) is 5.45. The molecule has 1 aromatic carbocycles. The van der Waals surface area contributed by atoms with Crippen LogP contribution in [0.3, 0.4) is 0 Å². The second kappa shape index (κ2) is 9.55. The molecule has 2 fully saturated rings. The van der Waals surface area contributed by atoms with E-state index in [2.05, 4.69) is 61.2 Å². The van der Waals surface area contributed by atoms with Crippen molar-refractivity contribution in [2.75, 3.05) is 52.9 Å². The molecular formula is C20H30BrN5O. The fraction of sp³-hybridized carbons (Fsp3) is 0.600. The van der Waals surface area contributed by atoms with E-state index in [9.17, 15) is 4.79 Å². The van der Waals surface area contributed by atoms with E-state index < -0.39 is 0 Å². The molecule has 27 heavy (non-hydrogen) atoms. The second-order valence-corrected chi connectivity index (χ2v) is 8.24. The van der Waals surface area contributed by atoms with Crippen molar-refractivity contribution in [3.8, 4) is 0 Å². The van der Waals surface area contributed by atoms with E-state index in [0.29, 0.717) is 6.54 Å². The highest BCUT2D eigenvalue weighted by molar-refractivity contribution is 9.10. The monoisotopic (exact) mass is 435 g/mol. The van der Waals surface area contributed by atoms with Crippen molar-refractivity contribution in [3.05, 3.63) is 33.8 Å². The number of halogens is 1. The summed E-state index contributed by atoms with van der Waals surface area (Å²) in [7, 11) is 1.83. The Morgan fingerprint density at radius 2 is 1.81 bits per heavy atom. The largest absolute Gasteiger partial charge is 0.352 e. The maximum absolute atomic E-state index is 12.3. The van der Waals surface area contributed by atoms with Gasteiger partial charge in [-0.2, -0.15) is 0 Å². The zero-order chi connectivity index (χ0) is 19.2. The third-order valence-corrected chi connectivity index (χ3v) is 5.94. The highest BCUT2D eigenvalue weighted by atomic mass is 79.9. The minimum absolute atomic E-state index is 0.286. The van der Waals surface area contributed by atoms with Gasteiger partial charge in [-0.3, -0.25) is 14.7 Å². The van der Waals surface area contributed by atoms with Gasteiger partial charge < -0.3 is 15.1 Å². The van der Waals surface area contributed by atoms with E-state index in [4.69, 9.17) is 0 Å². The molecule has 0 saturated carbocycles. The van der Waals surface area contributed by atoms with Crippen LogP contribution in [0.2, 0.25) is 0 Å². The van der Waals surface area contributed by atoms with Gasteiger partial charge in [0.05, 0.1) is 6.54 Å². The number of aryl methyl sites for hydroxylation is 1. The summed E-state index contributed by atoms with van der Waals surface area (Å²) in [5, 5.41) is 3.48. The van der Waals surface area contributed by atoms with Gasteiger partial charge in [-0.05, 0) is 43.0 Å². The zero-order valence-corrected chi connectivity index (χ0v) is 18.0. The summed E-state index contributed by atoms with van der Waals surface area (Å²) in [5.74, 6) is 1.22. The summed E-state index contributed by atoms with van der Waals surface area (Å²) in [4.78, 5) is 23.3. The predicted octanol–water partition coefficient (Wildman–Crippen LogP) is 2.07. The quantitative estimate of drug-likeness (QED) is 0.580. The first-order valence-electron chi connectivity index (χ1n) is 9.77. The Morgan fingerprint density at radius 1 is 1.11 bits per heavy atom. The van der Waals surface area contributed by atoms with Gasteiger partial charge in [0.15, 0.2) is 5.96 Å². The van der Waals surface area contributed by atoms with Gasteiger partial charge in [-0.15, -0.1) is 0 Å². The average Bonchev–Trinajstić information content (AvgIpc) is 3.20. The van der Waals surface area contributed by atoms with Crippen LogP contribution >= 0.6 is 15.9 Å². The summed E-state index contributed by atoms with van der Waals surface area (Å²) in [6, 6.07) is 6.35. The molecule has 2 heterocycles. The molecule has 0 spiro atoms. The van der Waals surface area contributed by atoms with E-state index in [1.54, 1.807) is 0 Å². The van der Waals surface area contributed by atoms with E-state index in [1.165, 1.54) is 11.1 Å². The molecule has 1 N–H and O–H groups in total. The number of carbonyl (C=O) groups excluding carboxylic acids is 1. The molecule has 2 aliphatic rings. The highest BCUT2D eigenvalue weighted by Gasteiger charge is 2.24. The number of guanidine groups is 1. The number of piperazine rings is 1. The van der Waals surface area contributed by atoms with Crippen molar-refractivity contribution < 1.29 is 4.79 Å². The number of likely N-dealkylation sites (tertiary alicyclic amines) is 1. The van der Waals surface area contributed by atoms with Crippen molar-refractivity contribution in [2.45, 2.75) is 26.3 Å². The van der Waals surface area contributed by atoms with Gasteiger partial charge in [-0.1, -0.05) is 22.0 Å². The standard InChI is InChI=1S/C20H30BrN5O/c1-16-13-18(21)6-5-17(16)14-23-20(22-2)26-11-9-24(10-12-26)15-19(27)25-7-3-4-8-25/h5-6,13H,3-4,7-12,14-15H2,1-2H3,(H,22,23). The Hall–Kier alpha value is -1.60. The van der Waals surface area contributed by atoms with Gasteiger partial charge in [0.2, 0.25) is 5.91 Å². The smallest absolute Gasteiger partial charge is 0.236 e. The first kappa shape index (κ1) is 20.1. The second-order valence-electron chi connectivity index (χ2n) is 7.32. The lowest BCUT2D eigenvalue weighted by molar-refractivity contribution is -0.131. The minimum Gasteiger partial charge on any atom is -0.352 e. The molecule has 0 radical (unpaired) electrons. The van der Waals surface area contributed by atoms with Crippen LogP contribution in [0, 0.1) is 6.92 Å². The molecule has 0 aromatic heterocycles. The Labute approximate surface area is 170 Å². The summed E-state index contributed by atoms with van der Waals surface area (Å²) in [5.41, 5.74) is 2.53. The van der Waals surface area contributed by atoms with Gasteiger partial charge in [0.25, 0.3) is 0 Å². The molecular weight excluding hydrogens is 406 g/mol. The van der Waals surface area contributed by atoms with E-state index in [0.717, 1.165) is 69.1 Å². The lowest BCUT2D eigenvalue weighted by Gasteiger charge is -2.36. The highest BCUT2D eigenvalue weighted by Crippen LogP contribution is 2.16. The van der Waals surface area contributed by atoms with Crippen LogP contribution < -0.4 is 5.32 Å². The topological polar surface area (TPSA) is 51.2 Å². The fourth-order valence-electron chi connectivity index (χ4n) is 3.74. The van der Waals surface area contributed by atoms with Crippen LogP contribution in [0.25, 0.3) is 0 Å². The molecule has 0 bridgehead atoms. The predicted molar refractivity (Wildman–Crippen MR) is 113 cm³/mol. The third-order valence-electron chi connectivity index (χ3n) is 5.44. The molecule has 0 unspecified atom stereocenters. The molecule has 148 valence electrons. The maximum atomic E-state index is 12.3. The number of nitrogens with zero attached hydrogens (tertiary/aromatic N) is 4. The van der Waals surface area contributed by atoms with E-state index in [-0.39, 0.29) is 5.91 Å². The fourth-order valence-corrected chi connectivity index (χ4v) is 4.22. The van der Waals surface area contributed by atoms with Crippen LogP contribution in [0.1, 0.15) is 24.0 Å². The Bertz CT molecular complexity index is 679. The molecule has 1 aromatic rings. The lowest BCUT2D eigenvalue weighted by atomic mass is 10.1. The summed E-state index contributed by atoms with van der Waals surface area (Å²) in [6.45, 7) is 8.90. The van der Waals surface area contributed by atoms with E-state index in [1.807, 2.05) is 11.9 Å². The number of nitrogens with one attached hydrogen (secondary N) is 1. The number of hydrogen-bond donors (Lipinski definition) is 1. The Morgan fingerprint density at radius 3 is 2.44 bits per heavy atom. The molecule has 6 nitrogen and oxygen atoms in total.